The number of nitrogens with one attached hydrogen (secondary N) is 1. The summed E-state index contributed by atoms with van der Waals surface area (Å²) in [6, 6.07) is 4.04. The van der Waals surface area contributed by atoms with Crippen molar-refractivity contribution in [1.82, 2.24) is 5.32 Å². The molecule has 0 spiro atoms. The predicted molar refractivity (Wildman–Crippen MR) is 76.3 cm³/mol. The highest BCUT2D eigenvalue weighted by Gasteiger charge is 2.22. The minimum atomic E-state index is -1.30. The second-order valence-electron chi connectivity index (χ2n) is 5.96. The first-order chi connectivity index (χ1) is 9.58. The lowest BCUT2D eigenvalue weighted by atomic mass is 10.0. The number of aliphatic hydroxyl groups excluding tert-OH is 2. The Labute approximate surface area is 123 Å². The Bertz CT molecular complexity index is 479. The quantitative estimate of drug-likeness (QED) is 0.795. The van der Waals surface area contributed by atoms with Gasteiger partial charge in [0.1, 0.15) is 23.6 Å². The zero-order valence-electron chi connectivity index (χ0n) is 12.7. The van der Waals surface area contributed by atoms with Crippen LogP contribution in [-0.4, -0.2) is 34.6 Å². The van der Waals surface area contributed by atoms with Gasteiger partial charge >= 0.3 is 6.09 Å². The maximum absolute atomic E-state index is 13.3. The number of aliphatic hydroxyl groups is 2. The van der Waals surface area contributed by atoms with Crippen LogP contribution in [0.1, 0.15) is 38.0 Å². The normalized spacial score (nSPS) is 14.4. The van der Waals surface area contributed by atoms with Gasteiger partial charge in [-0.15, -0.1) is 0 Å². The predicted octanol–water partition coefficient (Wildman–Crippen LogP) is 2.05. The average molecular weight is 299 g/mol. The van der Waals surface area contributed by atoms with Gasteiger partial charge in [0.15, 0.2) is 0 Å². The topological polar surface area (TPSA) is 78.8 Å². The molecule has 2 unspecified atom stereocenters. The monoisotopic (exact) mass is 299 g/mol. The molecule has 0 aliphatic carbocycles. The van der Waals surface area contributed by atoms with E-state index < -0.39 is 29.7 Å². The fourth-order valence-electron chi connectivity index (χ4n) is 1.77. The van der Waals surface area contributed by atoms with E-state index in [0.717, 1.165) is 6.07 Å². The minimum absolute atomic E-state index is 0.203. The lowest BCUT2D eigenvalue weighted by Gasteiger charge is -2.22. The summed E-state index contributed by atoms with van der Waals surface area (Å²) < 4.78 is 18.3. The molecule has 3 N–H and O–H groups in total. The van der Waals surface area contributed by atoms with Gasteiger partial charge in [-0.1, -0.05) is 6.07 Å². The molecule has 0 aliphatic heterocycles. The molecule has 1 aromatic rings. The molecular formula is C15H22FNO4. The zero-order chi connectivity index (χ0) is 16.2. The Morgan fingerprint density at radius 1 is 1.33 bits per heavy atom. The van der Waals surface area contributed by atoms with Gasteiger partial charge < -0.3 is 20.3 Å². The number of carbonyl (C=O) groups excluding carboxylic acids is 1. The second kappa shape index (κ2) is 6.87. The third-order valence-electron chi connectivity index (χ3n) is 2.62. The van der Waals surface area contributed by atoms with E-state index in [0.29, 0.717) is 5.56 Å². The van der Waals surface area contributed by atoms with E-state index in [-0.39, 0.29) is 12.1 Å². The molecule has 1 rings (SSSR count). The van der Waals surface area contributed by atoms with E-state index in [1.165, 1.54) is 6.07 Å². The summed E-state index contributed by atoms with van der Waals surface area (Å²) in [5, 5.41) is 22.2. The van der Waals surface area contributed by atoms with Crippen molar-refractivity contribution in [2.45, 2.75) is 45.5 Å². The number of aryl methyl sites for hydroxylation is 1. The maximum Gasteiger partial charge on any atom is 0.407 e. The Morgan fingerprint density at radius 2 is 1.95 bits per heavy atom. The maximum atomic E-state index is 13.3. The summed E-state index contributed by atoms with van der Waals surface area (Å²) >= 11 is 0. The van der Waals surface area contributed by atoms with Crippen LogP contribution < -0.4 is 5.32 Å². The summed E-state index contributed by atoms with van der Waals surface area (Å²) in [5.74, 6) is -0.489. The SMILES string of the molecule is Cc1cc(F)cc(C(O)C(O)CNC(=O)OC(C)(C)C)c1. The molecule has 0 radical (unpaired) electrons. The molecule has 0 fully saturated rings. The van der Waals surface area contributed by atoms with Gasteiger partial charge in [0.05, 0.1) is 0 Å². The van der Waals surface area contributed by atoms with E-state index in [1.54, 1.807) is 33.8 Å². The van der Waals surface area contributed by atoms with E-state index in [2.05, 4.69) is 5.32 Å². The van der Waals surface area contributed by atoms with Crippen LogP contribution in [0.4, 0.5) is 9.18 Å². The van der Waals surface area contributed by atoms with Crippen molar-refractivity contribution in [2.75, 3.05) is 6.54 Å². The molecule has 0 heterocycles. The lowest BCUT2D eigenvalue weighted by Crippen LogP contribution is -2.38. The summed E-state index contributed by atoms with van der Waals surface area (Å²) in [7, 11) is 0. The summed E-state index contributed by atoms with van der Waals surface area (Å²) in [4.78, 5) is 11.4. The van der Waals surface area contributed by atoms with Crippen LogP contribution in [0.3, 0.4) is 0 Å². The van der Waals surface area contributed by atoms with Crippen LogP contribution in [0.25, 0.3) is 0 Å². The minimum Gasteiger partial charge on any atom is -0.444 e. The molecule has 1 aromatic carbocycles. The van der Waals surface area contributed by atoms with Crippen LogP contribution in [0, 0.1) is 12.7 Å². The van der Waals surface area contributed by atoms with Crippen LogP contribution in [-0.2, 0) is 4.74 Å². The fraction of sp³-hybridized carbons (Fsp3) is 0.533. The number of hydrogen-bond donors (Lipinski definition) is 3. The van der Waals surface area contributed by atoms with Crippen molar-refractivity contribution in [3.05, 3.63) is 35.1 Å². The number of hydrogen-bond acceptors (Lipinski definition) is 4. The van der Waals surface area contributed by atoms with Gasteiger partial charge in [0, 0.05) is 6.54 Å². The standard InChI is InChI=1S/C15H22FNO4/c1-9-5-10(7-11(16)6-9)13(19)12(18)8-17-14(20)21-15(2,3)4/h5-7,12-13,18-19H,8H2,1-4H3,(H,17,20). The van der Waals surface area contributed by atoms with E-state index in [1.807, 2.05) is 0 Å². The first-order valence-electron chi connectivity index (χ1n) is 6.68. The molecule has 21 heavy (non-hydrogen) atoms. The van der Waals surface area contributed by atoms with Crippen molar-refractivity contribution < 1.29 is 24.1 Å². The first kappa shape index (κ1) is 17.4. The van der Waals surface area contributed by atoms with Gasteiger partial charge in [-0.25, -0.2) is 9.18 Å². The molecule has 1 amide bonds. The van der Waals surface area contributed by atoms with Crippen molar-refractivity contribution in [3.8, 4) is 0 Å². The molecule has 0 saturated carbocycles. The molecule has 0 bridgehead atoms. The Hall–Kier alpha value is -1.66. The van der Waals surface area contributed by atoms with E-state index in [4.69, 9.17) is 4.74 Å². The van der Waals surface area contributed by atoms with Gasteiger partial charge in [0.25, 0.3) is 0 Å². The Kier molecular flexibility index (Phi) is 5.69. The number of carbonyl (C=O) groups is 1. The van der Waals surface area contributed by atoms with Gasteiger partial charge in [-0.3, -0.25) is 0 Å². The summed E-state index contributed by atoms with van der Waals surface area (Å²) in [6.45, 7) is 6.63. The summed E-state index contributed by atoms with van der Waals surface area (Å²) in [6.07, 6.45) is -3.25. The molecule has 0 saturated heterocycles. The Morgan fingerprint density at radius 3 is 2.48 bits per heavy atom. The highest BCUT2D eigenvalue weighted by Crippen LogP contribution is 2.19. The smallest absolute Gasteiger partial charge is 0.407 e. The van der Waals surface area contributed by atoms with Crippen molar-refractivity contribution in [3.63, 3.8) is 0 Å². The van der Waals surface area contributed by atoms with Gasteiger partial charge in [0.2, 0.25) is 0 Å². The van der Waals surface area contributed by atoms with E-state index >= 15 is 0 Å². The number of halogens is 1. The third-order valence-corrected chi connectivity index (χ3v) is 2.62. The number of rotatable bonds is 4. The molecule has 6 heteroatoms. The largest absolute Gasteiger partial charge is 0.444 e. The van der Waals surface area contributed by atoms with Gasteiger partial charge in [-0.05, 0) is 51.0 Å². The lowest BCUT2D eigenvalue weighted by molar-refractivity contribution is 0.0128. The van der Waals surface area contributed by atoms with Crippen molar-refractivity contribution in [2.24, 2.45) is 0 Å². The van der Waals surface area contributed by atoms with E-state index in [9.17, 15) is 19.4 Å². The van der Waals surface area contributed by atoms with Crippen LogP contribution in [0.15, 0.2) is 18.2 Å². The molecular weight excluding hydrogens is 277 g/mol. The fourth-order valence-corrected chi connectivity index (χ4v) is 1.77. The summed E-state index contributed by atoms with van der Waals surface area (Å²) in [5.41, 5.74) is 0.246. The zero-order valence-corrected chi connectivity index (χ0v) is 12.7. The first-order valence-corrected chi connectivity index (χ1v) is 6.68. The van der Waals surface area contributed by atoms with Crippen LogP contribution in [0.2, 0.25) is 0 Å². The number of alkyl carbamates (subject to hydrolysis) is 1. The Balaban J connectivity index is 2.58. The number of benzene rings is 1. The third kappa shape index (κ3) is 6.10. The number of ether oxygens (including phenoxy) is 1. The van der Waals surface area contributed by atoms with Crippen molar-refractivity contribution >= 4 is 6.09 Å². The molecule has 118 valence electrons. The number of amides is 1. The van der Waals surface area contributed by atoms with Crippen LogP contribution >= 0.6 is 0 Å². The molecule has 5 nitrogen and oxygen atoms in total. The molecule has 0 aromatic heterocycles. The highest BCUT2D eigenvalue weighted by molar-refractivity contribution is 5.67. The van der Waals surface area contributed by atoms with Crippen molar-refractivity contribution in [1.29, 1.82) is 0 Å². The van der Waals surface area contributed by atoms with Gasteiger partial charge in [-0.2, -0.15) is 0 Å². The molecule has 2 atom stereocenters. The highest BCUT2D eigenvalue weighted by atomic mass is 19.1. The molecule has 0 aliphatic rings. The average Bonchev–Trinajstić information content (AvgIpc) is 2.31. The van der Waals surface area contributed by atoms with Crippen LogP contribution in [0.5, 0.6) is 0 Å². The second-order valence-corrected chi connectivity index (χ2v) is 5.96.